The standard InChI is InChI=1S/C15H9NO/c17-15-11-6-2-5-9-3-1-4-10-7-8-12(16-15)14(11)13(9)10/h1-8H,(H,16,17). The Labute approximate surface area is 97.2 Å². The summed E-state index contributed by atoms with van der Waals surface area (Å²) < 4.78 is 0. The van der Waals surface area contributed by atoms with E-state index in [1.807, 2.05) is 24.3 Å². The van der Waals surface area contributed by atoms with Crippen molar-refractivity contribution in [3.05, 3.63) is 58.9 Å². The van der Waals surface area contributed by atoms with Crippen LogP contribution >= 0.6 is 0 Å². The van der Waals surface area contributed by atoms with Gasteiger partial charge in [0.1, 0.15) is 0 Å². The summed E-state index contributed by atoms with van der Waals surface area (Å²) in [7, 11) is 0. The predicted octanol–water partition coefficient (Wildman–Crippen LogP) is 3.22. The van der Waals surface area contributed by atoms with Crippen molar-refractivity contribution in [2.24, 2.45) is 0 Å². The third kappa shape index (κ3) is 1.02. The highest BCUT2D eigenvalue weighted by Gasteiger charge is 2.15. The van der Waals surface area contributed by atoms with Crippen LogP contribution < -0.4 is 5.56 Å². The van der Waals surface area contributed by atoms with E-state index in [0.29, 0.717) is 0 Å². The second-order valence-corrected chi connectivity index (χ2v) is 4.33. The van der Waals surface area contributed by atoms with E-state index in [1.165, 1.54) is 16.2 Å². The number of nitrogens with one attached hydrogen (secondary N) is 1. The normalized spacial score (nSPS) is 11.8. The van der Waals surface area contributed by atoms with Crippen molar-refractivity contribution in [2.45, 2.75) is 0 Å². The van der Waals surface area contributed by atoms with Crippen LogP contribution in [-0.2, 0) is 0 Å². The molecule has 2 nitrogen and oxygen atoms in total. The number of aromatic nitrogens is 1. The van der Waals surface area contributed by atoms with Gasteiger partial charge in [0.25, 0.3) is 5.56 Å². The molecule has 0 unspecified atom stereocenters. The van der Waals surface area contributed by atoms with Crippen molar-refractivity contribution >= 4 is 21.7 Å². The molecule has 0 radical (unpaired) electrons. The van der Waals surface area contributed by atoms with Gasteiger partial charge in [-0.05, 0) is 28.3 Å². The van der Waals surface area contributed by atoms with Crippen molar-refractivity contribution in [3.8, 4) is 11.1 Å². The van der Waals surface area contributed by atoms with E-state index < -0.39 is 0 Å². The van der Waals surface area contributed by atoms with Crippen molar-refractivity contribution in [1.29, 1.82) is 0 Å². The highest BCUT2D eigenvalue weighted by Crippen LogP contribution is 2.35. The molecule has 1 heterocycles. The average molecular weight is 219 g/mol. The Morgan fingerprint density at radius 1 is 0.824 bits per heavy atom. The molecule has 1 N–H and O–H groups in total. The molecule has 0 amide bonds. The Morgan fingerprint density at radius 3 is 2.35 bits per heavy atom. The van der Waals surface area contributed by atoms with E-state index in [-0.39, 0.29) is 5.56 Å². The molecule has 0 bridgehead atoms. The lowest BCUT2D eigenvalue weighted by atomic mass is 9.99. The number of H-pyrrole nitrogens is 1. The molecule has 0 atom stereocenters. The second-order valence-electron chi connectivity index (χ2n) is 4.33. The summed E-state index contributed by atoms with van der Waals surface area (Å²) in [5.41, 5.74) is 2.73. The summed E-state index contributed by atoms with van der Waals surface area (Å²) >= 11 is 0. The van der Waals surface area contributed by atoms with Crippen LogP contribution in [0.4, 0.5) is 0 Å². The van der Waals surface area contributed by atoms with Crippen LogP contribution in [0.25, 0.3) is 32.8 Å². The van der Waals surface area contributed by atoms with Gasteiger partial charge < -0.3 is 4.98 Å². The van der Waals surface area contributed by atoms with Gasteiger partial charge in [0, 0.05) is 16.6 Å². The molecular weight excluding hydrogens is 210 g/mol. The molecule has 0 aromatic heterocycles. The van der Waals surface area contributed by atoms with Gasteiger partial charge in [0.15, 0.2) is 0 Å². The summed E-state index contributed by atoms with van der Waals surface area (Å²) in [6, 6.07) is 16.1. The minimum atomic E-state index is -0.00569. The molecule has 0 saturated heterocycles. The van der Waals surface area contributed by atoms with E-state index >= 15 is 0 Å². The van der Waals surface area contributed by atoms with E-state index in [1.54, 1.807) is 0 Å². The Morgan fingerprint density at radius 2 is 1.53 bits per heavy atom. The first-order chi connectivity index (χ1) is 8.34. The van der Waals surface area contributed by atoms with E-state index in [9.17, 15) is 4.79 Å². The SMILES string of the molecule is O=c1[nH]c2ccc3cccc4cccc1-c2c43. The van der Waals surface area contributed by atoms with Crippen LogP contribution in [0.1, 0.15) is 0 Å². The Kier molecular flexibility index (Phi) is 1.47. The summed E-state index contributed by atoms with van der Waals surface area (Å²) in [6.07, 6.45) is 0. The zero-order chi connectivity index (χ0) is 11.4. The quantitative estimate of drug-likeness (QED) is 0.484. The monoisotopic (exact) mass is 219 g/mol. The molecule has 0 fully saturated rings. The second kappa shape index (κ2) is 2.86. The summed E-state index contributed by atoms with van der Waals surface area (Å²) in [5, 5.41) is 3.51. The molecule has 1 aliphatic carbocycles. The van der Waals surface area contributed by atoms with Crippen LogP contribution in [-0.4, -0.2) is 4.98 Å². The minimum Gasteiger partial charge on any atom is -0.321 e. The van der Waals surface area contributed by atoms with Gasteiger partial charge in [0.2, 0.25) is 0 Å². The van der Waals surface area contributed by atoms with E-state index in [2.05, 4.69) is 29.2 Å². The molecule has 0 spiro atoms. The van der Waals surface area contributed by atoms with Crippen LogP contribution in [0.3, 0.4) is 0 Å². The fraction of sp³-hybridized carbons (Fsp3) is 0. The third-order valence-corrected chi connectivity index (χ3v) is 3.38. The molecule has 17 heavy (non-hydrogen) atoms. The highest BCUT2D eigenvalue weighted by atomic mass is 16.1. The maximum Gasteiger partial charge on any atom is 0.256 e. The lowest BCUT2D eigenvalue weighted by Gasteiger charge is -2.04. The molecule has 2 aromatic rings. The lowest BCUT2D eigenvalue weighted by Crippen LogP contribution is -1.97. The maximum absolute atomic E-state index is 11.9. The van der Waals surface area contributed by atoms with E-state index in [0.717, 1.165) is 16.6 Å². The molecule has 2 aromatic carbocycles. The summed E-state index contributed by atoms with van der Waals surface area (Å²) in [4.78, 5) is 14.8. The Hall–Kier alpha value is -2.35. The smallest absolute Gasteiger partial charge is 0.256 e. The Balaban J connectivity index is 2.46. The molecular formula is C15H9NO. The first-order valence-electron chi connectivity index (χ1n) is 5.60. The molecule has 2 heteroatoms. The van der Waals surface area contributed by atoms with Gasteiger partial charge in [-0.3, -0.25) is 4.79 Å². The Bertz CT molecular complexity index is 859. The predicted molar refractivity (Wildman–Crippen MR) is 69.9 cm³/mol. The number of aromatic amines is 1. The van der Waals surface area contributed by atoms with Crippen molar-refractivity contribution in [1.82, 2.24) is 4.98 Å². The molecule has 80 valence electrons. The van der Waals surface area contributed by atoms with E-state index in [4.69, 9.17) is 0 Å². The minimum absolute atomic E-state index is 0.00569. The van der Waals surface area contributed by atoms with Gasteiger partial charge in [-0.15, -0.1) is 0 Å². The topological polar surface area (TPSA) is 32.9 Å². The number of benzene rings is 2. The number of rotatable bonds is 0. The first kappa shape index (κ1) is 8.76. The lowest BCUT2D eigenvalue weighted by molar-refractivity contribution is 1.37. The number of hydrogen-bond donors (Lipinski definition) is 1. The molecule has 0 saturated carbocycles. The third-order valence-electron chi connectivity index (χ3n) is 3.38. The first-order valence-corrected chi connectivity index (χ1v) is 5.60. The highest BCUT2D eigenvalue weighted by molar-refractivity contribution is 6.13. The zero-order valence-electron chi connectivity index (χ0n) is 9.03. The fourth-order valence-electron chi connectivity index (χ4n) is 2.64. The van der Waals surface area contributed by atoms with Crippen molar-refractivity contribution in [2.75, 3.05) is 0 Å². The summed E-state index contributed by atoms with van der Waals surface area (Å²) in [5.74, 6) is 0. The van der Waals surface area contributed by atoms with Crippen molar-refractivity contribution < 1.29 is 0 Å². The molecule has 4 rings (SSSR count). The van der Waals surface area contributed by atoms with Crippen LogP contribution in [0.5, 0.6) is 0 Å². The van der Waals surface area contributed by atoms with Crippen LogP contribution in [0, 0.1) is 0 Å². The van der Waals surface area contributed by atoms with Gasteiger partial charge in [-0.1, -0.05) is 36.4 Å². The van der Waals surface area contributed by atoms with Gasteiger partial charge >= 0.3 is 0 Å². The largest absolute Gasteiger partial charge is 0.321 e. The van der Waals surface area contributed by atoms with Crippen molar-refractivity contribution in [3.63, 3.8) is 0 Å². The van der Waals surface area contributed by atoms with Gasteiger partial charge in [-0.2, -0.15) is 0 Å². The number of hydrogen-bond acceptors (Lipinski definition) is 1. The van der Waals surface area contributed by atoms with Crippen LogP contribution in [0.15, 0.2) is 53.3 Å². The zero-order valence-corrected chi connectivity index (χ0v) is 9.03. The van der Waals surface area contributed by atoms with Gasteiger partial charge in [0.05, 0.1) is 0 Å². The fourth-order valence-corrected chi connectivity index (χ4v) is 2.64. The maximum atomic E-state index is 11.9. The molecule has 1 aliphatic heterocycles. The van der Waals surface area contributed by atoms with Gasteiger partial charge in [-0.25, -0.2) is 0 Å². The van der Waals surface area contributed by atoms with Crippen LogP contribution in [0.2, 0.25) is 0 Å². The average Bonchev–Trinajstić information content (AvgIpc) is 2.55. The molecule has 2 aliphatic rings. The summed E-state index contributed by atoms with van der Waals surface area (Å²) in [6.45, 7) is 0.